The third-order valence-electron chi connectivity index (χ3n) is 4.48. The minimum atomic E-state index is -0.717. The van der Waals surface area contributed by atoms with Crippen molar-refractivity contribution in [3.8, 4) is 0 Å². The number of aromatic nitrogens is 2. The molecule has 3 aromatic heterocycles. The molecular formula is C19H10FN3O3S. The van der Waals surface area contributed by atoms with Gasteiger partial charge in [0.15, 0.2) is 10.6 Å². The number of benzene rings is 1. The van der Waals surface area contributed by atoms with Crippen LogP contribution in [0.2, 0.25) is 0 Å². The molecule has 0 saturated heterocycles. The molecule has 1 aliphatic heterocycles. The Labute approximate surface area is 155 Å². The van der Waals surface area contributed by atoms with Crippen LogP contribution in [0.5, 0.6) is 0 Å². The SMILES string of the molecule is O=C1c2oc3ccc(F)cc3c(=O)c2C(c2ccncc2)N1c1nccs1. The van der Waals surface area contributed by atoms with E-state index in [2.05, 4.69) is 9.97 Å². The molecule has 27 heavy (non-hydrogen) atoms. The molecule has 8 heteroatoms. The van der Waals surface area contributed by atoms with Gasteiger partial charge in [-0.15, -0.1) is 11.3 Å². The first-order valence-electron chi connectivity index (χ1n) is 8.04. The van der Waals surface area contributed by atoms with Gasteiger partial charge in [-0.3, -0.25) is 19.5 Å². The van der Waals surface area contributed by atoms with Crippen molar-refractivity contribution in [2.75, 3.05) is 4.90 Å². The van der Waals surface area contributed by atoms with Gasteiger partial charge in [-0.05, 0) is 35.9 Å². The highest BCUT2D eigenvalue weighted by molar-refractivity contribution is 7.13. The molecule has 132 valence electrons. The number of fused-ring (bicyclic) bond motifs is 2. The lowest BCUT2D eigenvalue weighted by molar-refractivity contribution is 0.0971. The van der Waals surface area contributed by atoms with Crippen LogP contribution in [0.15, 0.2) is 63.5 Å². The molecule has 4 aromatic rings. The highest BCUT2D eigenvalue weighted by Gasteiger charge is 2.44. The summed E-state index contributed by atoms with van der Waals surface area (Å²) in [5.41, 5.74) is 0.609. The molecule has 1 amide bonds. The van der Waals surface area contributed by atoms with Crippen LogP contribution in [0.4, 0.5) is 9.52 Å². The maximum Gasteiger partial charge on any atom is 0.297 e. The lowest BCUT2D eigenvalue weighted by Crippen LogP contribution is -2.29. The Bertz CT molecular complexity index is 1240. The van der Waals surface area contributed by atoms with Crippen molar-refractivity contribution < 1.29 is 13.6 Å². The summed E-state index contributed by atoms with van der Waals surface area (Å²) >= 11 is 1.28. The first kappa shape index (κ1) is 15.8. The van der Waals surface area contributed by atoms with Gasteiger partial charge in [0.05, 0.1) is 17.0 Å². The Morgan fingerprint density at radius 1 is 1.11 bits per heavy atom. The quantitative estimate of drug-likeness (QED) is 0.533. The van der Waals surface area contributed by atoms with E-state index in [9.17, 15) is 14.0 Å². The Balaban J connectivity index is 1.85. The fourth-order valence-corrected chi connectivity index (χ4v) is 4.01. The number of thiazole rings is 1. The first-order valence-corrected chi connectivity index (χ1v) is 8.92. The van der Waals surface area contributed by atoms with E-state index in [1.54, 1.807) is 36.1 Å². The number of halogens is 1. The fraction of sp³-hybridized carbons (Fsp3) is 0.0526. The molecule has 0 fully saturated rings. The lowest BCUT2D eigenvalue weighted by atomic mass is 10.00. The second-order valence-electron chi connectivity index (χ2n) is 5.99. The number of amides is 1. The van der Waals surface area contributed by atoms with E-state index in [4.69, 9.17) is 4.42 Å². The summed E-state index contributed by atoms with van der Waals surface area (Å²) in [6.45, 7) is 0. The van der Waals surface area contributed by atoms with Crippen LogP contribution in [0.3, 0.4) is 0 Å². The van der Waals surface area contributed by atoms with Gasteiger partial charge < -0.3 is 4.42 Å². The van der Waals surface area contributed by atoms with Crippen LogP contribution < -0.4 is 10.3 Å². The molecule has 0 aliphatic carbocycles. The van der Waals surface area contributed by atoms with E-state index in [-0.39, 0.29) is 22.3 Å². The van der Waals surface area contributed by atoms with Crippen molar-refractivity contribution in [2.45, 2.75) is 6.04 Å². The summed E-state index contributed by atoms with van der Waals surface area (Å²) in [7, 11) is 0. The Hall–Kier alpha value is -3.39. The maximum absolute atomic E-state index is 13.7. The zero-order chi connectivity index (χ0) is 18.5. The molecule has 1 unspecified atom stereocenters. The van der Waals surface area contributed by atoms with E-state index in [1.807, 2.05) is 0 Å². The molecule has 5 rings (SSSR count). The number of rotatable bonds is 2. The van der Waals surface area contributed by atoms with Gasteiger partial charge in [0.25, 0.3) is 5.91 Å². The highest BCUT2D eigenvalue weighted by atomic mass is 32.1. The molecule has 0 saturated carbocycles. The van der Waals surface area contributed by atoms with Gasteiger partial charge in [-0.1, -0.05) is 0 Å². The van der Waals surface area contributed by atoms with Crippen LogP contribution >= 0.6 is 11.3 Å². The molecule has 0 radical (unpaired) electrons. The monoisotopic (exact) mass is 379 g/mol. The van der Waals surface area contributed by atoms with Crippen LogP contribution in [0, 0.1) is 5.82 Å². The number of anilines is 1. The predicted molar refractivity (Wildman–Crippen MR) is 97.4 cm³/mol. The van der Waals surface area contributed by atoms with Gasteiger partial charge in [-0.25, -0.2) is 9.37 Å². The Morgan fingerprint density at radius 2 is 1.93 bits per heavy atom. The maximum atomic E-state index is 13.7. The van der Waals surface area contributed by atoms with Crippen LogP contribution in [0.25, 0.3) is 11.0 Å². The van der Waals surface area contributed by atoms with Crippen LogP contribution in [-0.2, 0) is 0 Å². The standard InChI is InChI=1S/C19H10FN3O3S/c20-11-1-2-13-12(9-11)16(24)14-15(10-3-5-21-6-4-10)23(18(25)17(14)26-13)19-22-7-8-27-19/h1-9,15H. The van der Waals surface area contributed by atoms with E-state index in [1.165, 1.54) is 28.4 Å². The van der Waals surface area contributed by atoms with E-state index in [0.717, 1.165) is 6.07 Å². The van der Waals surface area contributed by atoms with Crippen molar-refractivity contribution in [2.24, 2.45) is 0 Å². The summed E-state index contributed by atoms with van der Waals surface area (Å²) in [6.07, 6.45) is 4.75. The average Bonchev–Trinajstić information content (AvgIpc) is 3.30. The van der Waals surface area contributed by atoms with Crippen molar-refractivity contribution >= 4 is 33.3 Å². The molecule has 1 atom stereocenters. The summed E-state index contributed by atoms with van der Waals surface area (Å²) in [5, 5.41) is 2.29. The molecular weight excluding hydrogens is 369 g/mol. The van der Waals surface area contributed by atoms with Gasteiger partial charge in [0.2, 0.25) is 5.76 Å². The number of hydrogen-bond donors (Lipinski definition) is 0. The largest absolute Gasteiger partial charge is 0.450 e. The molecule has 4 heterocycles. The van der Waals surface area contributed by atoms with Gasteiger partial charge in [0, 0.05) is 24.0 Å². The topological polar surface area (TPSA) is 76.3 Å². The molecule has 0 bridgehead atoms. The van der Waals surface area contributed by atoms with Gasteiger partial charge in [-0.2, -0.15) is 0 Å². The Morgan fingerprint density at radius 3 is 2.67 bits per heavy atom. The minimum Gasteiger partial charge on any atom is -0.450 e. The van der Waals surface area contributed by atoms with Crippen LogP contribution in [0.1, 0.15) is 27.7 Å². The predicted octanol–water partition coefficient (Wildman–Crippen LogP) is 3.53. The van der Waals surface area contributed by atoms with Gasteiger partial charge >= 0.3 is 0 Å². The zero-order valence-electron chi connectivity index (χ0n) is 13.6. The number of pyridine rings is 1. The molecule has 1 aliphatic rings. The molecule has 6 nitrogen and oxygen atoms in total. The van der Waals surface area contributed by atoms with E-state index >= 15 is 0 Å². The number of carbonyl (C=O) groups is 1. The summed E-state index contributed by atoms with van der Waals surface area (Å²) < 4.78 is 19.4. The Kier molecular flexibility index (Phi) is 3.41. The van der Waals surface area contributed by atoms with Crippen molar-refractivity contribution in [3.63, 3.8) is 0 Å². The minimum absolute atomic E-state index is 0.0453. The second kappa shape index (κ2) is 5.82. The third-order valence-corrected chi connectivity index (χ3v) is 5.25. The highest BCUT2D eigenvalue weighted by Crippen LogP contribution is 2.41. The van der Waals surface area contributed by atoms with Gasteiger partial charge in [0.1, 0.15) is 11.4 Å². The average molecular weight is 379 g/mol. The molecule has 0 N–H and O–H groups in total. The molecule has 1 aromatic carbocycles. The second-order valence-corrected chi connectivity index (χ2v) is 6.86. The first-order chi connectivity index (χ1) is 13.1. The molecule has 0 spiro atoms. The number of carbonyl (C=O) groups excluding carboxylic acids is 1. The summed E-state index contributed by atoms with van der Waals surface area (Å²) in [4.78, 5) is 35.9. The zero-order valence-corrected chi connectivity index (χ0v) is 14.4. The van der Waals surface area contributed by atoms with Crippen molar-refractivity contribution in [3.05, 3.63) is 87.2 Å². The number of nitrogens with zero attached hydrogens (tertiary/aromatic N) is 3. The van der Waals surface area contributed by atoms with E-state index < -0.39 is 23.2 Å². The summed E-state index contributed by atoms with van der Waals surface area (Å²) in [5.74, 6) is -1.04. The summed E-state index contributed by atoms with van der Waals surface area (Å²) in [6, 6.07) is 6.40. The van der Waals surface area contributed by atoms with Crippen LogP contribution in [-0.4, -0.2) is 15.9 Å². The number of hydrogen-bond acceptors (Lipinski definition) is 6. The normalized spacial score (nSPS) is 16.1. The van der Waals surface area contributed by atoms with Crippen molar-refractivity contribution in [1.29, 1.82) is 0 Å². The third kappa shape index (κ3) is 2.30. The van der Waals surface area contributed by atoms with Crippen molar-refractivity contribution in [1.82, 2.24) is 9.97 Å². The van der Waals surface area contributed by atoms with E-state index in [0.29, 0.717) is 10.7 Å². The smallest absolute Gasteiger partial charge is 0.297 e. The fourth-order valence-electron chi connectivity index (χ4n) is 3.34. The lowest BCUT2D eigenvalue weighted by Gasteiger charge is -2.22.